The number of ether oxygens (including phenoxy) is 1. The van der Waals surface area contributed by atoms with Gasteiger partial charge in [0.2, 0.25) is 0 Å². The van der Waals surface area contributed by atoms with Crippen molar-refractivity contribution in [1.29, 1.82) is 0 Å². The fourth-order valence-electron chi connectivity index (χ4n) is 4.09. The second-order valence-electron chi connectivity index (χ2n) is 8.63. The molecule has 0 saturated heterocycles. The standard InChI is InChI=1S/C26H29F3N8O2.CH2O2/c1-3-10-36-16-20(22(35-36)26(27,28)29)21-15-33-24-23(31-8-11-37(21)24)34-18-5-6-19(17(4-2)14-18)25(38)32-9-13-39-12-7-30;2-1-3/h3,5-6,8,11,14-16H,1,4,7,9-10,12-13,30H2,2H3,(H,31,34)(H,32,38);1H,(H,2,3). The van der Waals surface area contributed by atoms with E-state index in [9.17, 15) is 18.0 Å². The Hall–Kier alpha value is -4.76. The molecule has 3 heterocycles. The van der Waals surface area contributed by atoms with Crippen molar-refractivity contribution < 1.29 is 32.6 Å². The number of carboxylic acid groups (broad SMARTS) is 1. The number of hydrogen-bond acceptors (Lipinski definition) is 8. The minimum atomic E-state index is -4.65. The zero-order chi connectivity index (χ0) is 30.7. The number of fused-ring (bicyclic) bond motifs is 1. The molecule has 12 nitrogen and oxygen atoms in total. The number of rotatable bonds is 12. The van der Waals surface area contributed by atoms with E-state index in [0.29, 0.717) is 55.4 Å². The van der Waals surface area contributed by atoms with E-state index in [1.807, 2.05) is 13.0 Å². The number of carbonyl (C=O) groups excluding carboxylic acids is 1. The number of halogens is 3. The van der Waals surface area contributed by atoms with E-state index < -0.39 is 11.9 Å². The van der Waals surface area contributed by atoms with E-state index in [1.54, 1.807) is 12.1 Å². The van der Waals surface area contributed by atoms with Crippen LogP contribution in [0.4, 0.5) is 24.7 Å². The Bertz CT molecular complexity index is 1520. The number of amides is 1. The Labute approximate surface area is 239 Å². The number of allylic oxidation sites excluding steroid dienone is 1. The first-order valence-electron chi connectivity index (χ1n) is 12.8. The highest BCUT2D eigenvalue weighted by atomic mass is 19.4. The molecule has 5 N–H and O–H groups in total. The molecular weight excluding hydrogens is 557 g/mol. The van der Waals surface area contributed by atoms with Gasteiger partial charge in [0.15, 0.2) is 17.2 Å². The average Bonchev–Trinajstić information content (AvgIpc) is 3.58. The third-order valence-electron chi connectivity index (χ3n) is 5.84. The molecule has 1 aromatic carbocycles. The summed E-state index contributed by atoms with van der Waals surface area (Å²) in [7, 11) is 0. The minimum absolute atomic E-state index is 0.105. The number of anilines is 2. The fourth-order valence-corrected chi connectivity index (χ4v) is 4.09. The molecule has 15 heteroatoms. The van der Waals surface area contributed by atoms with E-state index in [2.05, 4.69) is 32.3 Å². The molecule has 1 amide bonds. The average molecular weight is 589 g/mol. The molecule has 0 atom stereocenters. The fraction of sp³-hybridized carbons (Fsp3) is 0.296. The van der Waals surface area contributed by atoms with Gasteiger partial charge in [-0.15, -0.1) is 6.58 Å². The first-order valence-corrected chi connectivity index (χ1v) is 12.8. The highest BCUT2D eigenvalue weighted by Gasteiger charge is 2.38. The van der Waals surface area contributed by atoms with Gasteiger partial charge in [0.05, 0.1) is 37.2 Å². The Kier molecular flexibility index (Phi) is 11.2. The van der Waals surface area contributed by atoms with Gasteiger partial charge in [-0.05, 0) is 30.2 Å². The quantitative estimate of drug-likeness (QED) is 0.110. The summed E-state index contributed by atoms with van der Waals surface area (Å²) in [5.41, 5.74) is 6.80. The van der Waals surface area contributed by atoms with Gasteiger partial charge < -0.3 is 26.2 Å². The summed E-state index contributed by atoms with van der Waals surface area (Å²) in [4.78, 5) is 29.7. The number of aromatic nitrogens is 5. The number of benzene rings is 1. The first kappa shape index (κ1) is 31.8. The lowest BCUT2D eigenvalue weighted by molar-refractivity contribution is -0.141. The van der Waals surface area contributed by atoms with Gasteiger partial charge in [-0.1, -0.05) is 13.0 Å². The number of carbonyl (C=O) groups is 2. The van der Waals surface area contributed by atoms with Crippen molar-refractivity contribution in [1.82, 2.24) is 29.5 Å². The lowest BCUT2D eigenvalue weighted by Crippen LogP contribution is -2.28. The maximum Gasteiger partial charge on any atom is 0.435 e. The van der Waals surface area contributed by atoms with Crippen molar-refractivity contribution in [3.63, 3.8) is 0 Å². The Balaban J connectivity index is 0.00000155. The number of nitrogens with two attached hydrogens (primary N) is 1. The van der Waals surface area contributed by atoms with Crippen molar-refractivity contribution in [2.24, 2.45) is 5.73 Å². The molecule has 0 fully saturated rings. The zero-order valence-electron chi connectivity index (χ0n) is 22.8. The van der Waals surface area contributed by atoms with Crippen molar-refractivity contribution in [2.45, 2.75) is 26.1 Å². The van der Waals surface area contributed by atoms with E-state index in [-0.39, 0.29) is 30.2 Å². The molecule has 224 valence electrons. The van der Waals surface area contributed by atoms with Gasteiger partial charge in [0, 0.05) is 42.9 Å². The second-order valence-corrected chi connectivity index (χ2v) is 8.63. The summed E-state index contributed by atoms with van der Waals surface area (Å²) >= 11 is 0. The molecule has 42 heavy (non-hydrogen) atoms. The predicted molar refractivity (Wildman–Crippen MR) is 149 cm³/mol. The van der Waals surface area contributed by atoms with E-state index in [1.165, 1.54) is 39.9 Å². The third-order valence-corrected chi connectivity index (χ3v) is 5.84. The van der Waals surface area contributed by atoms with Gasteiger partial charge in [-0.3, -0.25) is 18.7 Å². The van der Waals surface area contributed by atoms with Gasteiger partial charge in [-0.25, -0.2) is 9.97 Å². The predicted octanol–water partition coefficient (Wildman–Crippen LogP) is 3.51. The van der Waals surface area contributed by atoms with Crippen LogP contribution in [0.1, 0.15) is 28.5 Å². The largest absolute Gasteiger partial charge is 0.483 e. The van der Waals surface area contributed by atoms with E-state index in [0.717, 1.165) is 5.56 Å². The summed E-state index contributed by atoms with van der Waals surface area (Å²) in [5, 5.41) is 16.6. The van der Waals surface area contributed by atoms with Crippen LogP contribution in [0.2, 0.25) is 0 Å². The number of alkyl halides is 3. The van der Waals surface area contributed by atoms with E-state index >= 15 is 0 Å². The van der Waals surface area contributed by atoms with Crippen molar-refractivity contribution >= 4 is 29.5 Å². The van der Waals surface area contributed by atoms with Crippen LogP contribution in [-0.2, 0) is 28.7 Å². The van der Waals surface area contributed by atoms with Gasteiger partial charge >= 0.3 is 6.18 Å². The van der Waals surface area contributed by atoms with Crippen LogP contribution < -0.4 is 16.4 Å². The van der Waals surface area contributed by atoms with E-state index in [4.69, 9.17) is 20.4 Å². The summed E-state index contributed by atoms with van der Waals surface area (Å²) in [6.45, 7) is 6.95. The van der Waals surface area contributed by atoms with Gasteiger partial charge in [-0.2, -0.15) is 18.3 Å². The first-order chi connectivity index (χ1) is 20.2. The van der Waals surface area contributed by atoms with Gasteiger partial charge in [0.25, 0.3) is 12.4 Å². The van der Waals surface area contributed by atoms with Crippen LogP contribution in [0.15, 0.2) is 55.6 Å². The van der Waals surface area contributed by atoms with Crippen LogP contribution >= 0.6 is 0 Å². The molecule has 0 saturated carbocycles. The molecule has 0 bridgehead atoms. The maximum absolute atomic E-state index is 13.7. The molecule has 4 rings (SSSR count). The molecule has 0 aliphatic carbocycles. The van der Waals surface area contributed by atoms with Crippen LogP contribution in [0.25, 0.3) is 16.9 Å². The summed E-state index contributed by atoms with van der Waals surface area (Å²) < 4.78 is 49.2. The molecule has 0 unspecified atom stereocenters. The van der Waals surface area contributed by atoms with Crippen LogP contribution in [0.3, 0.4) is 0 Å². The third kappa shape index (κ3) is 7.70. The Morgan fingerprint density at radius 3 is 2.69 bits per heavy atom. The molecule has 0 radical (unpaired) electrons. The highest BCUT2D eigenvalue weighted by Crippen LogP contribution is 2.37. The van der Waals surface area contributed by atoms with Crippen molar-refractivity contribution in [3.8, 4) is 11.3 Å². The normalized spacial score (nSPS) is 11.1. The topological polar surface area (TPSA) is 162 Å². The maximum atomic E-state index is 13.7. The summed E-state index contributed by atoms with van der Waals surface area (Å²) in [6.07, 6.45) is 3.10. The van der Waals surface area contributed by atoms with Crippen LogP contribution in [0.5, 0.6) is 0 Å². The molecular formula is C27H31F3N8O4. The van der Waals surface area contributed by atoms with Crippen molar-refractivity contribution in [2.75, 3.05) is 31.6 Å². The smallest absolute Gasteiger partial charge is 0.435 e. The SMILES string of the molecule is C=CCn1cc(-c2cnc3c(Nc4ccc(C(=O)NCCOCCN)c(CC)c4)nccn23)c(C(F)(F)F)n1.O=CO. The molecule has 0 aliphatic rings. The number of imidazole rings is 1. The van der Waals surface area contributed by atoms with Gasteiger partial charge in [0.1, 0.15) is 0 Å². The lowest BCUT2D eigenvalue weighted by Gasteiger charge is -2.13. The number of hydrogen-bond donors (Lipinski definition) is 4. The van der Waals surface area contributed by atoms with Crippen LogP contribution in [-0.4, -0.2) is 67.9 Å². The lowest BCUT2D eigenvalue weighted by atomic mass is 10.0. The number of nitrogens with one attached hydrogen (secondary N) is 2. The Morgan fingerprint density at radius 1 is 1.26 bits per heavy atom. The molecule has 4 aromatic rings. The highest BCUT2D eigenvalue weighted by molar-refractivity contribution is 5.96. The van der Waals surface area contributed by atoms with Crippen molar-refractivity contribution in [3.05, 3.63) is 72.5 Å². The summed E-state index contributed by atoms with van der Waals surface area (Å²) in [6, 6.07) is 5.27. The summed E-state index contributed by atoms with van der Waals surface area (Å²) in [5.74, 6) is 0.123. The number of nitrogens with zero attached hydrogens (tertiary/aromatic N) is 5. The number of aryl methyl sites for hydroxylation is 1. The zero-order valence-corrected chi connectivity index (χ0v) is 22.8. The Morgan fingerprint density at radius 2 is 2.02 bits per heavy atom. The monoisotopic (exact) mass is 588 g/mol. The second kappa shape index (κ2) is 14.7. The molecule has 0 aliphatic heterocycles. The minimum Gasteiger partial charge on any atom is -0.483 e. The molecule has 0 spiro atoms. The van der Waals surface area contributed by atoms with Crippen LogP contribution in [0, 0.1) is 0 Å². The molecule has 3 aromatic heterocycles.